The zero-order valence-electron chi connectivity index (χ0n) is 21.7. The molecule has 2 aromatic heterocycles. The van der Waals surface area contributed by atoms with Crippen LogP contribution in [0.5, 0.6) is 5.75 Å². The first-order valence-electron chi connectivity index (χ1n) is 12.3. The van der Waals surface area contributed by atoms with Gasteiger partial charge in [-0.15, -0.1) is 21.5 Å². The number of nitrogens with one attached hydrogen (secondary N) is 1. The Morgan fingerprint density at radius 1 is 1.08 bits per heavy atom. The van der Waals surface area contributed by atoms with E-state index in [0.717, 1.165) is 35.5 Å². The summed E-state index contributed by atoms with van der Waals surface area (Å²) in [6.45, 7) is 4.21. The van der Waals surface area contributed by atoms with Crippen molar-refractivity contribution >= 4 is 45.9 Å². The van der Waals surface area contributed by atoms with E-state index >= 15 is 0 Å². The van der Waals surface area contributed by atoms with Crippen molar-refractivity contribution in [3.8, 4) is 17.1 Å². The summed E-state index contributed by atoms with van der Waals surface area (Å²) in [6, 6.07) is 7.84. The van der Waals surface area contributed by atoms with Crippen molar-refractivity contribution in [1.29, 1.82) is 0 Å². The molecule has 202 valence electrons. The van der Waals surface area contributed by atoms with Crippen LogP contribution in [0.15, 0.2) is 29.4 Å². The molecule has 10 nitrogen and oxygen atoms in total. The third-order valence-corrected chi connectivity index (χ3v) is 8.40. The highest BCUT2D eigenvalue weighted by atomic mass is 32.2. The van der Waals surface area contributed by atoms with Crippen LogP contribution in [0.3, 0.4) is 0 Å². The second kappa shape index (κ2) is 12.4. The van der Waals surface area contributed by atoms with Gasteiger partial charge in [0.05, 0.1) is 31.6 Å². The average Bonchev–Trinajstić information content (AvgIpc) is 3.66. The van der Waals surface area contributed by atoms with Gasteiger partial charge in [0.25, 0.3) is 0 Å². The summed E-state index contributed by atoms with van der Waals surface area (Å²) in [7, 11) is 2.50. The zero-order chi connectivity index (χ0) is 27.2. The summed E-state index contributed by atoms with van der Waals surface area (Å²) in [5.74, 6) is -0.0239. The molecule has 1 saturated carbocycles. The molecule has 0 unspecified atom stereocenters. The predicted molar refractivity (Wildman–Crippen MR) is 145 cm³/mol. The Morgan fingerprint density at radius 2 is 1.76 bits per heavy atom. The van der Waals surface area contributed by atoms with E-state index in [0.29, 0.717) is 29.2 Å². The van der Waals surface area contributed by atoms with E-state index in [-0.39, 0.29) is 27.1 Å². The lowest BCUT2D eigenvalue weighted by atomic mass is 10.1. The fourth-order valence-electron chi connectivity index (χ4n) is 4.30. The molecule has 12 heteroatoms. The molecule has 1 N–H and O–H groups in total. The number of anilines is 1. The van der Waals surface area contributed by atoms with Gasteiger partial charge in [0, 0.05) is 12.1 Å². The summed E-state index contributed by atoms with van der Waals surface area (Å²) in [6.07, 6.45) is 4.93. The molecular weight excluding hydrogens is 528 g/mol. The maximum atomic E-state index is 12.8. The minimum absolute atomic E-state index is 0.0252. The smallest absolute Gasteiger partial charge is 0.348 e. The number of amides is 1. The monoisotopic (exact) mass is 558 g/mol. The number of thiophene rings is 1. The van der Waals surface area contributed by atoms with Gasteiger partial charge in [-0.05, 0) is 69.4 Å². The Morgan fingerprint density at radius 3 is 2.39 bits per heavy atom. The lowest BCUT2D eigenvalue weighted by Gasteiger charge is -2.13. The largest absolute Gasteiger partial charge is 0.490 e. The molecule has 4 rings (SSSR count). The second-order valence-corrected chi connectivity index (χ2v) is 10.6. The van der Waals surface area contributed by atoms with Crippen LogP contribution in [-0.4, -0.2) is 58.7 Å². The van der Waals surface area contributed by atoms with Crippen molar-refractivity contribution in [2.75, 3.05) is 25.3 Å². The Bertz CT molecular complexity index is 1310. The number of carbonyl (C=O) groups is 3. The van der Waals surface area contributed by atoms with E-state index in [1.54, 1.807) is 6.92 Å². The van der Waals surface area contributed by atoms with Gasteiger partial charge >= 0.3 is 11.9 Å². The fourth-order valence-corrected chi connectivity index (χ4v) is 6.24. The molecule has 0 spiro atoms. The number of aromatic nitrogens is 3. The molecule has 3 aromatic rings. The third kappa shape index (κ3) is 6.02. The summed E-state index contributed by atoms with van der Waals surface area (Å²) in [4.78, 5) is 37.4. The number of hydrogen-bond donors (Lipinski definition) is 1. The number of methoxy groups -OCH3 is 2. The molecule has 2 heterocycles. The Kier molecular flexibility index (Phi) is 9.05. The minimum Gasteiger partial charge on any atom is -0.490 e. The number of nitrogens with zero attached hydrogens (tertiary/aromatic N) is 3. The third-order valence-electron chi connectivity index (χ3n) is 6.24. The number of carbonyl (C=O) groups excluding carboxylic acids is 3. The SMILES string of the molecule is CCn1c(SCC(=O)Nc2sc(C(=O)OC)c(C)c2C(=O)OC)nnc1-c1ccc(OC2CCCC2)cc1. The van der Waals surface area contributed by atoms with Gasteiger partial charge in [0.15, 0.2) is 11.0 Å². The van der Waals surface area contributed by atoms with Crippen molar-refractivity contribution in [2.24, 2.45) is 0 Å². The van der Waals surface area contributed by atoms with Gasteiger partial charge in [0.2, 0.25) is 5.91 Å². The highest BCUT2D eigenvalue weighted by molar-refractivity contribution is 7.99. The van der Waals surface area contributed by atoms with Gasteiger partial charge in [-0.1, -0.05) is 11.8 Å². The summed E-state index contributed by atoms with van der Waals surface area (Å²) < 4.78 is 17.6. The highest BCUT2D eigenvalue weighted by Crippen LogP contribution is 2.34. The highest BCUT2D eigenvalue weighted by Gasteiger charge is 2.27. The van der Waals surface area contributed by atoms with Crippen molar-refractivity contribution in [3.63, 3.8) is 0 Å². The molecule has 0 saturated heterocycles. The molecule has 0 radical (unpaired) electrons. The number of rotatable bonds is 10. The van der Waals surface area contributed by atoms with Crippen LogP contribution in [0.2, 0.25) is 0 Å². The molecule has 1 amide bonds. The molecular formula is C26H30N4O6S2. The van der Waals surface area contributed by atoms with Crippen LogP contribution in [0.1, 0.15) is 58.2 Å². The number of esters is 2. The lowest BCUT2D eigenvalue weighted by Crippen LogP contribution is -2.16. The molecule has 38 heavy (non-hydrogen) atoms. The topological polar surface area (TPSA) is 122 Å². The summed E-state index contributed by atoms with van der Waals surface area (Å²) in [5, 5.41) is 12.2. The molecule has 1 aliphatic carbocycles. The van der Waals surface area contributed by atoms with E-state index in [2.05, 4.69) is 15.5 Å². The van der Waals surface area contributed by atoms with Crippen molar-refractivity contribution in [1.82, 2.24) is 14.8 Å². The summed E-state index contributed by atoms with van der Waals surface area (Å²) in [5.41, 5.74) is 1.43. The van der Waals surface area contributed by atoms with Crippen LogP contribution >= 0.6 is 23.1 Å². The van der Waals surface area contributed by atoms with E-state index in [1.807, 2.05) is 35.8 Å². The normalized spacial score (nSPS) is 13.4. The first-order valence-corrected chi connectivity index (χ1v) is 14.1. The van der Waals surface area contributed by atoms with E-state index in [4.69, 9.17) is 14.2 Å². The van der Waals surface area contributed by atoms with Crippen LogP contribution in [0, 0.1) is 6.92 Å². The van der Waals surface area contributed by atoms with Gasteiger partial charge in [-0.3, -0.25) is 4.79 Å². The number of hydrogen-bond acceptors (Lipinski definition) is 10. The fraction of sp³-hybridized carbons (Fsp3) is 0.423. The van der Waals surface area contributed by atoms with Gasteiger partial charge in [-0.25, -0.2) is 9.59 Å². The molecule has 1 aromatic carbocycles. The first-order chi connectivity index (χ1) is 18.4. The number of thioether (sulfide) groups is 1. The maximum Gasteiger partial charge on any atom is 0.348 e. The minimum atomic E-state index is -0.646. The maximum absolute atomic E-state index is 12.8. The van der Waals surface area contributed by atoms with E-state index in [1.165, 1.54) is 38.8 Å². The second-order valence-electron chi connectivity index (χ2n) is 8.68. The lowest BCUT2D eigenvalue weighted by molar-refractivity contribution is -0.113. The quantitative estimate of drug-likeness (QED) is 0.272. The molecule has 0 atom stereocenters. The standard InChI is InChI=1S/C26H30N4O6S2/c1-5-30-22(16-10-12-18(13-11-16)36-17-8-6-7-9-17)28-29-26(30)37-14-19(31)27-23-20(24(32)34-3)15(2)21(38-23)25(33)35-4/h10-13,17H,5-9,14H2,1-4H3,(H,27,31). The van der Waals surface area contributed by atoms with Crippen LogP contribution in [0.4, 0.5) is 5.00 Å². The van der Waals surface area contributed by atoms with Gasteiger partial charge in [0.1, 0.15) is 15.6 Å². The Labute approximate surface area is 229 Å². The number of ether oxygens (including phenoxy) is 3. The van der Waals surface area contributed by atoms with E-state index in [9.17, 15) is 14.4 Å². The first kappa shape index (κ1) is 27.6. The van der Waals surface area contributed by atoms with Gasteiger partial charge < -0.3 is 24.1 Å². The Balaban J connectivity index is 1.44. The molecule has 1 fully saturated rings. The predicted octanol–water partition coefficient (Wildman–Crippen LogP) is 4.96. The van der Waals surface area contributed by atoms with Crippen LogP contribution in [-0.2, 0) is 20.8 Å². The van der Waals surface area contributed by atoms with Gasteiger partial charge in [-0.2, -0.15) is 0 Å². The van der Waals surface area contributed by atoms with Crippen molar-refractivity contribution in [3.05, 3.63) is 40.3 Å². The summed E-state index contributed by atoms with van der Waals surface area (Å²) >= 11 is 2.20. The number of benzene rings is 1. The molecule has 1 aliphatic rings. The Hall–Kier alpha value is -3.38. The van der Waals surface area contributed by atoms with Crippen molar-refractivity contribution < 1.29 is 28.6 Å². The van der Waals surface area contributed by atoms with Crippen molar-refractivity contribution in [2.45, 2.75) is 57.3 Å². The van der Waals surface area contributed by atoms with Crippen LogP contribution in [0.25, 0.3) is 11.4 Å². The molecule has 0 aliphatic heterocycles. The molecule has 0 bridgehead atoms. The average molecular weight is 559 g/mol. The van der Waals surface area contributed by atoms with Crippen LogP contribution < -0.4 is 10.1 Å². The van der Waals surface area contributed by atoms with E-state index < -0.39 is 11.9 Å². The zero-order valence-corrected chi connectivity index (χ0v) is 23.4.